The van der Waals surface area contributed by atoms with Crippen molar-refractivity contribution in [3.63, 3.8) is 0 Å². The van der Waals surface area contributed by atoms with Crippen LogP contribution in [-0.2, 0) is 25.6 Å². The van der Waals surface area contributed by atoms with Crippen LogP contribution < -0.4 is 0 Å². The zero-order chi connectivity index (χ0) is 14.5. The van der Waals surface area contributed by atoms with E-state index < -0.39 is 0 Å². The Balaban J connectivity index is 1.79. The molecule has 0 aliphatic heterocycles. The normalized spacial score (nSPS) is 11.2. The van der Waals surface area contributed by atoms with Gasteiger partial charge in [-0.3, -0.25) is 0 Å². The van der Waals surface area contributed by atoms with E-state index in [2.05, 4.69) is 0 Å². The third-order valence-electron chi connectivity index (χ3n) is 2.53. The fourth-order valence-corrected chi connectivity index (χ4v) is 1.55. The van der Waals surface area contributed by atoms with Gasteiger partial charge in [-0.2, -0.15) is 0 Å². The second-order valence-electron chi connectivity index (χ2n) is 4.68. The van der Waals surface area contributed by atoms with Crippen LogP contribution in [0.15, 0.2) is 30.3 Å². The molecule has 4 nitrogen and oxygen atoms in total. The monoisotopic (exact) mass is 282 g/mol. The van der Waals surface area contributed by atoms with E-state index in [4.69, 9.17) is 18.9 Å². The lowest BCUT2D eigenvalue weighted by Crippen LogP contribution is -2.13. The average molecular weight is 282 g/mol. The van der Waals surface area contributed by atoms with Crippen molar-refractivity contribution in [1.82, 2.24) is 0 Å². The van der Waals surface area contributed by atoms with E-state index in [1.807, 2.05) is 44.2 Å². The Morgan fingerprint density at radius 3 is 1.90 bits per heavy atom. The first-order valence-corrected chi connectivity index (χ1v) is 7.18. The van der Waals surface area contributed by atoms with Gasteiger partial charge in [0.05, 0.1) is 52.4 Å². The molecule has 1 aromatic rings. The Morgan fingerprint density at radius 2 is 1.30 bits per heavy atom. The van der Waals surface area contributed by atoms with Crippen molar-refractivity contribution >= 4 is 0 Å². The molecule has 0 atom stereocenters. The number of hydrogen-bond acceptors (Lipinski definition) is 4. The van der Waals surface area contributed by atoms with Crippen molar-refractivity contribution in [3.05, 3.63) is 35.9 Å². The van der Waals surface area contributed by atoms with E-state index in [0.29, 0.717) is 46.2 Å². The van der Waals surface area contributed by atoms with Crippen LogP contribution in [0.5, 0.6) is 0 Å². The van der Waals surface area contributed by atoms with Crippen molar-refractivity contribution < 1.29 is 18.9 Å². The molecule has 1 aromatic carbocycles. The first-order valence-electron chi connectivity index (χ1n) is 7.18. The summed E-state index contributed by atoms with van der Waals surface area (Å²) in [6.45, 7) is 8.30. The van der Waals surface area contributed by atoms with E-state index in [1.165, 1.54) is 5.56 Å². The predicted octanol–water partition coefficient (Wildman–Crippen LogP) is 2.66. The van der Waals surface area contributed by atoms with Crippen LogP contribution in [0.3, 0.4) is 0 Å². The molecular formula is C16H26O4. The number of ether oxygens (including phenoxy) is 4. The molecule has 0 saturated carbocycles. The molecule has 4 heteroatoms. The van der Waals surface area contributed by atoms with Crippen LogP contribution in [0.25, 0.3) is 0 Å². The summed E-state index contributed by atoms with van der Waals surface area (Å²) in [6.07, 6.45) is 0.261. The molecule has 0 bridgehead atoms. The highest BCUT2D eigenvalue weighted by Gasteiger charge is 1.95. The van der Waals surface area contributed by atoms with Crippen LogP contribution in [0.2, 0.25) is 0 Å². The van der Waals surface area contributed by atoms with Crippen LogP contribution in [0.4, 0.5) is 0 Å². The summed E-state index contributed by atoms with van der Waals surface area (Å²) in [7, 11) is 0. The molecule has 0 aliphatic rings. The van der Waals surface area contributed by atoms with Gasteiger partial charge in [-0.05, 0) is 19.4 Å². The van der Waals surface area contributed by atoms with Crippen LogP contribution in [0, 0.1) is 0 Å². The van der Waals surface area contributed by atoms with E-state index in [1.54, 1.807) is 0 Å². The summed E-state index contributed by atoms with van der Waals surface area (Å²) < 4.78 is 21.6. The molecule has 0 spiro atoms. The van der Waals surface area contributed by atoms with Gasteiger partial charge in [0.25, 0.3) is 0 Å². The highest BCUT2D eigenvalue weighted by Crippen LogP contribution is 1.99. The van der Waals surface area contributed by atoms with Gasteiger partial charge >= 0.3 is 0 Å². The number of benzene rings is 1. The van der Waals surface area contributed by atoms with Gasteiger partial charge in [0.1, 0.15) is 0 Å². The molecule has 0 saturated heterocycles. The summed E-state index contributed by atoms with van der Waals surface area (Å²) >= 11 is 0. The lowest BCUT2D eigenvalue weighted by molar-refractivity contribution is -0.0132. The Hall–Kier alpha value is -0.940. The van der Waals surface area contributed by atoms with Crippen molar-refractivity contribution in [3.8, 4) is 0 Å². The number of rotatable bonds is 12. The standard InChI is InChI=1S/C16H26O4/c1-15(2)20-13-12-18-9-8-17-10-11-19-14-16-6-4-3-5-7-16/h3-7,15H,8-14H2,1-2H3. The van der Waals surface area contributed by atoms with Crippen molar-refractivity contribution in [2.75, 3.05) is 39.6 Å². The van der Waals surface area contributed by atoms with Crippen molar-refractivity contribution in [2.24, 2.45) is 0 Å². The molecular weight excluding hydrogens is 256 g/mol. The molecule has 114 valence electrons. The summed E-state index contributed by atoms with van der Waals surface area (Å²) in [6, 6.07) is 10.1. The molecule has 1 rings (SSSR count). The average Bonchev–Trinajstić information content (AvgIpc) is 2.45. The SMILES string of the molecule is CC(C)OCCOCCOCCOCc1ccccc1. The Morgan fingerprint density at radius 1 is 0.750 bits per heavy atom. The third kappa shape index (κ3) is 9.92. The summed E-state index contributed by atoms with van der Waals surface area (Å²) in [5.74, 6) is 0. The zero-order valence-corrected chi connectivity index (χ0v) is 12.5. The minimum absolute atomic E-state index is 0.261. The molecule has 0 heterocycles. The minimum atomic E-state index is 0.261. The smallest absolute Gasteiger partial charge is 0.0718 e. The maximum absolute atomic E-state index is 5.51. The lowest BCUT2D eigenvalue weighted by atomic mass is 10.2. The molecule has 0 N–H and O–H groups in total. The van der Waals surface area contributed by atoms with E-state index in [-0.39, 0.29) is 6.10 Å². The van der Waals surface area contributed by atoms with Gasteiger partial charge in [-0.25, -0.2) is 0 Å². The molecule has 0 radical (unpaired) electrons. The highest BCUT2D eigenvalue weighted by molar-refractivity contribution is 5.13. The first kappa shape index (κ1) is 17.1. The minimum Gasteiger partial charge on any atom is -0.377 e. The fraction of sp³-hybridized carbons (Fsp3) is 0.625. The second-order valence-corrected chi connectivity index (χ2v) is 4.68. The van der Waals surface area contributed by atoms with Gasteiger partial charge in [0, 0.05) is 0 Å². The Labute approximate surface area is 122 Å². The molecule has 0 aliphatic carbocycles. The van der Waals surface area contributed by atoms with Crippen LogP contribution in [-0.4, -0.2) is 45.7 Å². The first-order chi connectivity index (χ1) is 9.79. The zero-order valence-electron chi connectivity index (χ0n) is 12.5. The van der Waals surface area contributed by atoms with E-state index >= 15 is 0 Å². The fourth-order valence-electron chi connectivity index (χ4n) is 1.55. The molecule has 20 heavy (non-hydrogen) atoms. The maximum Gasteiger partial charge on any atom is 0.0718 e. The van der Waals surface area contributed by atoms with Gasteiger partial charge in [-0.1, -0.05) is 30.3 Å². The molecule has 0 unspecified atom stereocenters. The van der Waals surface area contributed by atoms with Gasteiger partial charge in [0.15, 0.2) is 0 Å². The third-order valence-corrected chi connectivity index (χ3v) is 2.53. The van der Waals surface area contributed by atoms with Crippen LogP contribution >= 0.6 is 0 Å². The van der Waals surface area contributed by atoms with E-state index in [9.17, 15) is 0 Å². The lowest BCUT2D eigenvalue weighted by Gasteiger charge is -2.08. The molecule has 0 fully saturated rings. The largest absolute Gasteiger partial charge is 0.377 e. The number of hydrogen-bond donors (Lipinski definition) is 0. The Bertz CT molecular complexity index is 314. The van der Waals surface area contributed by atoms with Crippen LogP contribution in [0.1, 0.15) is 19.4 Å². The van der Waals surface area contributed by atoms with Gasteiger partial charge < -0.3 is 18.9 Å². The predicted molar refractivity (Wildman–Crippen MR) is 78.8 cm³/mol. The van der Waals surface area contributed by atoms with Crippen molar-refractivity contribution in [2.45, 2.75) is 26.6 Å². The molecule has 0 aromatic heterocycles. The van der Waals surface area contributed by atoms with Gasteiger partial charge in [-0.15, -0.1) is 0 Å². The van der Waals surface area contributed by atoms with Crippen molar-refractivity contribution in [1.29, 1.82) is 0 Å². The topological polar surface area (TPSA) is 36.9 Å². The summed E-state index contributed by atoms with van der Waals surface area (Å²) in [4.78, 5) is 0. The maximum atomic E-state index is 5.51. The van der Waals surface area contributed by atoms with E-state index in [0.717, 1.165) is 0 Å². The molecule has 0 amide bonds. The highest BCUT2D eigenvalue weighted by atomic mass is 16.6. The second kappa shape index (κ2) is 11.9. The van der Waals surface area contributed by atoms with Gasteiger partial charge in [0.2, 0.25) is 0 Å². The quantitative estimate of drug-likeness (QED) is 0.552. The summed E-state index contributed by atoms with van der Waals surface area (Å²) in [5, 5.41) is 0. The Kier molecular flexibility index (Phi) is 10.1. The summed E-state index contributed by atoms with van der Waals surface area (Å²) in [5.41, 5.74) is 1.18.